The van der Waals surface area contributed by atoms with E-state index >= 15 is 0 Å². The number of likely N-dealkylation sites (tertiary alicyclic amines) is 1. The summed E-state index contributed by atoms with van der Waals surface area (Å²) in [5.74, 6) is 0.894. The Kier molecular flexibility index (Phi) is 3.61. The van der Waals surface area contributed by atoms with Crippen molar-refractivity contribution in [3.63, 3.8) is 0 Å². The van der Waals surface area contributed by atoms with Gasteiger partial charge in [0.15, 0.2) is 0 Å². The molecule has 1 saturated heterocycles. The van der Waals surface area contributed by atoms with Crippen LogP contribution in [0.3, 0.4) is 0 Å². The van der Waals surface area contributed by atoms with Crippen LogP contribution in [0.4, 0.5) is 4.79 Å². The lowest BCUT2D eigenvalue weighted by molar-refractivity contribution is 0.0291. The first-order valence-corrected chi connectivity index (χ1v) is 6.65. The van der Waals surface area contributed by atoms with Crippen molar-refractivity contribution in [1.82, 2.24) is 10.2 Å². The Bertz CT molecular complexity index is 282. The maximum absolute atomic E-state index is 11.8. The van der Waals surface area contributed by atoms with Crippen molar-refractivity contribution in [2.24, 2.45) is 5.92 Å². The molecule has 0 aromatic rings. The molecular formula is C13H24N2O2. The number of nitrogens with zero attached hydrogens (tertiary/aromatic N) is 1. The van der Waals surface area contributed by atoms with Crippen molar-refractivity contribution in [3.05, 3.63) is 0 Å². The Morgan fingerprint density at radius 2 is 2.06 bits per heavy atom. The lowest BCUT2D eigenvalue weighted by Gasteiger charge is -2.24. The van der Waals surface area contributed by atoms with Gasteiger partial charge in [-0.2, -0.15) is 0 Å². The van der Waals surface area contributed by atoms with E-state index in [4.69, 9.17) is 4.74 Å². The molecule has 0 radical (unpaired) electrons. The summed E-state index contributed by atoms with van der Waals surface area (Å²) in [6.45, 7) is 8.45. The van der Waals surface area contributed by atoms with Crippen LogP contribution in [0.15, 0.2) is 0 Å². The van der Waals surface area contributed by atoms with Crippen molar-refractivity contribution < 1.29 is 9.53 Å². The molecule has 1 saturated carbocycles. The predicted molar refractivity (Wildman–Crippen MR) is 66.9 cm³/mol. The number of rotatable bonds is 3. The largest absolute Gasteiger partial charge is 0.444 e. The van der Waals surface area contributed by atoms with Gasteiger partial charge in [0, 0.05) is 19.1 Å². The third-order valence-corrected chi connectivity index (χ3v) is 3.23. The lowest BCUT2D eigenvalue weighted by atomic mass is 10.2. The van der Waals surface area contributed by atoms with Gasteiger partial charge in [-0.15, -0.1) is 0 Å². The zero-order chi connectivity index (χ0) is 12.5. The minimum absolute atomic E-state index is 0.173. The molecule has 1 aliphatic carbocycles. The first-order chi connectivity index (χ1) is 7.94. The third-order valence-electron chi connectivity index (χ3n) is 3.23. The fraction of sp³-hybridized carbons (Fsp3) is 0.923. The van der Waals surface area contributed by atoms with Crippen molar-refractivity contribution >= 4 is 6.09 Å². The average molecular weight is 240 g/mol. The lowest BCUT2D eigenvalue weighted by Crippen LogP contribution is -2.38. The molecule has 0 aromatic heterocycles. The Morgan fingerprint density at radius 1 is 1.35 bits per heavy atom. The molecular weight excluding hydrogens is 216 g/mol. The second kappa shape index (κ2) is 4.84. The Balaban J connectivity index is 1.70. The van der Waals surface area contributed by atoms with E-state index in [1.165, 1.54) is 12.8 Å². The van der Waals surface area contributed by atoms with Crippen molar-refractivity contribution in [2.75, 3.05) is 19.6 Å². The highest BCUT2D eigenvalue weighted by Gasteiger charge is 2.30. The molecule has 4 heteroatoms. The number of carbonyl (C=O) groups excluding carboxylic acids is 1. The van der Waals surface area contributed by atoms with Gasteiger partial charge in [0.25, 0.3) is 0 Å². The number of ether oxygens (including phenoxy) is 1. The first-order valence-electron chi connectivity index (χ1n) is 6.65. The van der Waals surface area contributed by atoms with Crippen LogP contribution in [0.25, 0.3) is 0 Å². The summed E-state index contributed by atoms with van der Waals surface area (Å²) in [6, 6.07) is 0.461. The molecule has 1 aliphatic heterocycles. The van der Waals surface area contributed by atoms with E-state index in [-0.39, 0.29) is 6.09 Å². The van der Waals surface area contributed by atoms with Crippen LogP contribution >= 0.6 is 0 Å². The highest BCUT2D eigenvalue weighted by Crippen LogP contribution is 2.28. The SMILES string of the molecule is CC(C)(C)OC(=O)N1CC[C@H](NCC2CC2)C1. The van der Waals surface area contributed by atoms with Crippen LogP contribution in [-0.2, 0) is 4.74 Å². The molecule has 4 nitrogen and oxygen atoms in total. The minimum atomic E-state index is -0.392. The quantitative estimate of drug-likeness (QED) is 0.820. The van der Waals surface area contributed by atoms with Crippen LogP contribution in [0.5, 0.6) is 0 Å². The molecule has 98 valence electrons. The van der Waals surface area contributed by atoms with Gasteiger partial charge in [-0.3, -0.25) is 0 Å². The second-order valence-electron chi connectivity index (χ2n) is 6.26. The predicted octanol–water partition coefficient (Wildman–Crippen LogP) is 2.00. The molecule has 0 spiro atoms. The van der Waals surface area contributed by atoms with Crippen molar-refractivity contribution in [3.8, 4) is 0 Å². The van der Waals surface area contributed by atoms with Crippen LogP contribution in [0.2, 0.25) is 0 Å². The third kappa shape index (κ3) is 4.19. The van der Waals surface area contributed by atoms with Gasteiger partial charge in [0.05, 0.1) is 0 Å². The molecule has 2 fully saturated rings. The fourth-order valence-corrected chi connectivity index (χ4v) is 2.07. The number of hydrogen-bond donors (Lipinski definition) is 1. The summed E-state index contributed by atoms with van der Waals surface area (Å²) in [5.41, 5.74) is -0.392. The fourth-order valence-electron chi connectivity index (χ4n) is 2.07. The summed E-state index contributed by atoms with van der Waals surface area (Å²) >= 11 is 0. The van der Waals surface area contributed by atoms with Gasteiger partial charge < -0.3 is 15.0 Å². The van der Waals surface area contributed by atoms with E-state index in [0.29, 0.717) is 6.04 Å². The van der Waals surface area contributed by atoms with Crippen molar-refractivity contribution in [1.29, 1.82) is 0 Å². The van der Waals surface area contributed by atoms with E-state index in [1.54, 1.807) is 0 Å². The average Bonchev–Trinajstić information content (AvgIpc) is 2.90. The second-order valence-corrected chi connectivity index (χ2v) is 6.26. The molecule has 2 aliphatic rings. The van der Waals surface area contributed by atoms with Crippen LogP contribution in [0, 0.1) is 5.92 Å². The molecule has 17 heavy (non-hydrogen) atoms. The number of amides is 1. The molecule has 1 amide bonds. The number of carbonyl (C=O) groups is 1. The normalized spacial score (nSPS) is 25.1. The van der Waals surface area contributed by atoms with Crippen LogP contribution in [0.1, 0.15) is 40.0 Å². The Hall–Kier alpha value is -0.770. The van der Waals surface area contributed by atoms with Crippen molar-refractivity contribution in [2.45, 2.75) is 51.7 Å². The minimum Gasteiger partial charge on any atom is -0.444 e. The van der Waals surface area contributed by atoms with Gasteiger partial charge in [-0.1, -0.05) is 0 Å². The first kappa shape index (κ1) is 12.7. The zero-order valence-electron chi connectivity index (χ0n) is 11.2. The smallest absolute Gasteiger partial charge is 0.410 e. The van der Waals surface area contributed by atoms with Crippen LogP contribution < -0.4 is 5.32 Å². The van der Waals surface area contributed by atoms with Gasteiger partial charge in [-0.05, 0) is 52.5 Å². The van der Waals surface area contributed by atoms with Gasteiger partial charge in [0.2, 0.25) is 0 Å². The molecule has 0 unspecified atom stereocenters. The summed E-state index contributed by atoms with van der Waals surface area (Å²) in [6.07, 6.45) is 3.62. The Morgan fingerprint density at radius 3 is 2.65 bits per heavy atom. The van der Waals surface area contributed by atoms with E-state index in [2.05, 4.69) is 5.32 Å². The molecule has 2 rings (SSSR count). The summed E-state index contributed by atoms with van der Waals surface area (Å²) < 4.78 is 5.37. The summed E-state index contributed by atoms with van der Waals surface area (Å²) in [7, 11) is 0. The zero-order valence-corrected chi connectivity index (χ0v) is 11.2. The van der Waals surface area contributed by atoms with Gasteiger partial charge in [0.1, 0.15) is 5.60 Å². The standard InChI is InChI=1S/C13H24N2O2/c1-13(2,3)17-12(16)15-7-6-11(9-15)14-8-10-4-5-10/h10-11,14H,4-9H2,1-3H3/t11-/m0/s1. The molecule has 1 N–H and O–H groups in total. The maximum atomic E-state index is 11.8. The van der Waals surface area contributed by atoms with E-state index < -0.39 is 5.60 Å². The highest BCUT2D eigenvalue weighted by molar-refractivity contribution is 5.68. The van der Waals surface area contributed by atoms with Crippen LogP contribution in [-0.4, -0.2) is 42.3 Å². The number of hydrogen-bond acceptors (Lipinski definition) is 3. The maximum Gasteiger partial charge on any atom is 0.410 e. The van der Waals surface area contributed by atoms with Gasteiger partial charge >= 0.3 is 6.09 Å². The topological polar surface area (TPSA) is 41.6 Å². The van der Waals surface area contributed by atoms with E-state index in [0.717, 1.165) is 32.0 Å². The summed E-state index contributed by atoms with van der Waals surface area (Å²) in [5, 5.41) is 3.54. The summed E-state index contributed by atoms with van der Waals surface area (Å²) in [4.78, 5) is 13.6. The molecule has 1 atom stereocenters. The highest BCUT2D eigenvalue weighted by atomic mass is 16.6. The monoisotopic (exact) mass is 240 g/mol. The molecule has 0 aromatic carbocycles. The number of nitrogens with one attached hydrogen (secondary N) is 1. The van der Waals surface area contributed by atoms with E-state index in [9.17, 15) is 4.79 Å². The molecule has 1 heterocycles. The Labute approximate surface area is 104 Å². The van der Waals surface area contributed by atoms with Gasteiger partial charge in [-0.25, -0.2) is 4.79 Å². The van der Waals surface area contributed by atoms with E-state index in [1.807, 2.05) is 25.7 Å². The molecule has 0 bridgehead atoms.